The highest BCUT2D eigenvalue weighted by molar-refractivity contribution is 7.14. The molecule has 1 unspecified atom stereocenters. The van der Waals surface area contributed by atoms with E-state index in [-0.39, 0.29) is 10.8 Å². The third-order valence-electron chi connectivity index (χ3n) is 3.92. The molecule has 12 heteroatoms. The minimum absolute atomic E-state index is 0.0534. The number of hydrogen-bond donors (Lipinski definition) is 3. The van der Waals surface area contributed by atoms with E-state index >= 15 is 0 Å². The fourth-order valence-corrected chi connectivity index (χ4v) is 3.10. The van der Waals surface area contributed by atoms with Gasteiger partial charge in [0.05, 0.1) is 6.54 Å². The number of carboxylic acids is 2. The number of nitrogens with zero attached hydrogens (tertiary/aromatic N) is 1. The van der Waals surface area contributed by atoms with Gasteiger partial charge in [0.25, 0.3) is 5.91 Å². The van der Waals surface area contributed by atoms with Gasteiger partial charge in [0.1, 0.15) is 5.69 Å². The Labute approximate surface area is 180 Å². The zero-order valence-corrected chi connectivity index (χ0v) is 16.9. The summed E-state index contributed by atoms with van der Waals surface area (Å²) < 4.78 is 0. The third-order valence-corrected chi connectivity index (χ3v) is 4.68. The summed E-state index contributed by atoms with van der Waals surface area (Å²) >= 11 is 0.997. The maximum atomic E-state index is 12.1. The van der Waals surface area contributed by atoms with Crippen molar-refractivity contribution in [1.82, 2.24) is 15.6 Å². The average molecular weight is 446 g/mol. The Morgan fingerprint density at radius 2 is 1.71 bits per heavy atom. The van der Waals surface area contributed by atoms with Crippen molar-refractivity contribution in [3.8, 4) is 0 Å². The lowest BCUT2D eigenvalue weighted by molar-refractivity contribution is -0.320. The summed E-state index contributed by atoms with van der Waals surface area (Å²) in [5.74, 6) is -6.27. The second-order valence-corrected chi connectivity index (χ2v) is 7.21. The van der Waals surface area contributed by atoms with E-state index in [1.54, 1.807) is 0 Å². The number of anilines is 1. The molecule has 0 aliphatic heterocycles. The van der Waals surface area contributed by atoms with Crippen LogP contribution in [0.15, 0.2) is 35.7 Å². The standard InChI is InChI=1S/C19H20N4O7S/c24-13(6-12(17(28)29)7-15(25)26)9-20-16(27)14-10-31-19(22-14)23-18(30)21-8-11-4-2-1-3-5-11/h1-5,10,12H,6-9H2,(H,20,27)(H,25,26)(H,28,29)(H2,21,22,23,30)/p-2. The van der Waals surface area contributed by atoms with Gasteiger partial charge in [0.2, 0.25) is 0 Å². The summed E-state index contributed by atoms with van der Waals surface area (Å²) in [7, 11) is 0. The van der Waals surface area contributed by atoms with Crippen LogP contribution in [0.25, 0.3) is 0 Å². The van der Waals surface area contributed by atoms with Crippen molar-refractivity contribution in [2.75, 3.05) is 11.9 Å². The number of aromatic nitrogens is 1. The molecule has 0 aliphatic carbocycles. The highest BCUT2D eigenvalue weighted by Crippen LogP contribution is 2.15. The number of aliphatic carboxylic acids is 2. The summed E-state index contributed by atoms with van der Waals surface area (Å²) in [4.78, 5) is 61.1. The zero-order chi connectivity index (χ0) is 22.8. The lowest BCUT2D eigenvalue weighted by Crippen LogP contribution is -2.39. The second kappa shape index (κ2) is 11.4. The molecule has 0 spiro atoms. The van der Waals surface area contributed by atoms with E-state index in [0.29, 0.717) is 6.54 Å². The van der Waals surface area contributed by atoms with Crippen LogP contribution < -0.4 is 26.2 Å². The summed E-state index contributed by atoms with van der Waals surface area (Å²) in [6.45, 7) is -0.216. The quantitative estimate of drug-likeness (QED) is 0.379. The van der Waals surface area contributed by atoms with Gasteiger partial charge in [0.15, 0.2) is 10.9 Å². The van der Waals surface area contributed by atoms with Gasteiger partial charge in [-0.15, -0.1) is 11.3 Å². The molecular weight excluding hydrogens is 428 g/mol. The number of nitrogens with one attached hydrogen (secondary N) is 3. The van der Waals surface area contributed by atoms with Crippen molar-refractivity contribution in [3.05, 3.63) is 47.0 Å². The monoisotopic (exact) mass is 446 g/mol. The Kier molecular flexibility index (Phi) is 8.64. The van der Waals surface area contributed by atoms with E-state index in [4.69, 9.17) is 0 Å². The van der Waals surface area contributed by atoms with E-state index in [2.05, 4.69) is 20.9 Å². The number of carbonyl (C=O) groups excluding carboxylic acids is 5. The summed E-state index contributed by atoms with van der Waals surface area (Å²) in [5, 5.41) is 30.3. The molecule has 2 rings (SSSR count). The Bertz CT molecular complexity index is 961. The van der Waals surface area contributed by atoms with Gasteiger partial charge < -0.3 is 30.4 Å². The third kappa shape index (κ3) is 8.22. The number of rotatable bonds is 11. The van der Waals surface area contributed by atoms with Gasteiger partial charge in [-0.05, 0) is 12.0 Å². The molecule has 1 aromatic carbocycles. The number of thiazole rings is 1. The van der Waals surface area contributed by atoms with E-state index in [9.17, 15) is 34.2 Å². The van der Waals surface area contributed by atoms with Crippen LogP contribution in [0.4, 0.5) is 9.93 Å². The molecule has 164 valence electrons. The van der Waals surface area contributed by atoms with Crippen LogP contribution in [0.2, 0.25) is 0 Å². The van der Waals surface area contributed by atoms with Crippen LogP contribution in [0.1, 0.15) is 28.9 Å². The topological polar surface area (TPSA) is 180 Å². The number of amides is 3. The molecule has 0 saturated heterocycles. The molecule has 1 aromatic heterocycles. The van der Waals surface area contributed by atoms with Crippen molar-refractivity contribution in [2.45, 2.75) is 19.4 Å². The first-order valence-corrected chi connectivity index (χ1v) is 9.87. The SMILES string of the molecule is O=C([O-])CC(CC(=O)CNC(=O)c1csc(NC(=O)NCc2ccccc2)n1)C(=O)[O-]. The lowest BCUT2D eigenvalue weighted by atomic mass is 9.99. The van der Waals surface area contributed by atoms with Crippen LogP contribution in [0.5, 0.6) is 0 Å². The summed E-state index contributed by atoms with van der Waals surface area (Å²) in [5.41, 5.74) is 0.851. The highest BCUT2D eigenvalue weighted by Gasteiger charge is 2.18. The van der Waals surface area contributed by atoms with Gasteiger partial charge in [-0.1, -0.05) is 30.3 Å². The van der Waals surface area contributed by atoms with Crippen molar-refractivity contribution < 1.29 is 34.2 Å². The molecule has 1 heterocycles. The van der Waals surface area contributed by atoms with Crippen LogP contribution in [0.3, 0.4) is 0 Å². The molecule has 0 bridgehead atoms. The number of carbonyl (C=O) groups is 5. The molecule has 11 nitrogen and oxygen atoms in total. The van der Waals surface area contributed by atoms with E-state index < -0.39 is 55.0 Å². The fourth-order valence-electron chi connectivity index (χ4n) is 2.41. The molecule has 0 fully saturated rings. The molecule has 31 heavy (non-hydrogen) atoms. The molecule has 0 aliphatic rings. The number of carboxylic acid groups (broad SMARTS) is 2. The predicted molar refractivity (Wildman–Crippen MR) is 104 cm³/mol. The first-order chi connectivity index (χ1) is 14.7. The van der Waals surface area contributed by atoms with Crippen LogP contribution in [-0.2, 0) is 20.9 Å². The maximum absolute atomic E-state index is 12.1. The van der Waals surface area contributed by atoms with E-state index in [1.165, 1.54) is 5.38 Å². The Balaban J connectivity index is 1.79. The predicted octanol–water partition coefficient (Wildman–Crippen LogP) is -1.34. The van der Waals surface area contributed by atoms with Crippen molar-refractivity contribution in [3.63, 3.8) is 0 Å². The smallest absolute Gasteiger partial charge is 0.321 e. The summed E-state index contributed by atoms with van der Waals surface area (Å²) in [6, 6.07) is 8.72. The van der Waals surface area contributed by atoms with Crippen LogP contribution >= 0.6 is 11.3 Å². The van der Waals surface area contributed by atoms with Crippen molar-refractivity contribution in [1.29, 1.82) is 0 Å². The van der Waals surface area contributed by atoms with Gasteiger partial charge in [-0.25, -0.2) is 9.78 Å². The number of Topliss-reactive ketones (excluding diaryl/α,β-unsaturated/α-hetero) is 1. The Morgan fingerprint density at radius 3 is 2.35 bits per heavy atom. The Morgan fingerprint density at radius 1 is 1.00 bits per heavy atom. The van der Waals surface area contributed by atoms with Crippen LogP contribution in [0, 0.1) is 5.92 Å². The van der Waals surface area contributed by atoms with E-state index in [0.717, 1.165) is 16.9 Å². The molecule has 0 radical (unpaired) electrons. The maximum Gasteiger partial charge on any atom is 0.321 e. The Hall–Kier alpha value is -3.80. The normalized spacial score (nSPS) is 11.2. The molecule has 1 atom stereocenters. The molecule has 0 saturated carbocycles. The molecule has 3 N–H and O–H groups in total. The van der Waals surface area contributed by atoms with Gasteiger partial charge >= 0.3 is 6.03 Å². The minimum Gasteiger partial charge on any atom is -0.550 e. The van der Waals surface area contributed by atoms with E-state index in [1.807, 2.05) is 30.3 Å². The number of hydrogen-bond acceptors (Lipinski definition) is 9. The lowest BCUT2D eigenvalue weighted by Gasteiger charge is -2.17. The van der Waals surface area contributed by atoms with Gasteiger partial charge in [-0.2, -0.15) is 0 Å². The second-order valence-electron chi connectivity index (χ2n) is 6.35. The number of urea groups is 1. The first-order valence-electron chi connectivity index (χ1n) is 8.99. The zero-order valence-electron chi connectivity index (χ0n) is 16.1. The number of benzene rings is 1. The largest absolute Gasteiger partial charge is 0.550 e. The van der Waals surface area contributed by atoms with Crippen molar-refractivity contribution >= 4 is 46.1 Å². The fraction of sp³-hybridized carbons (Fsp3) is 0.263. The molecule has 2 aromatic rings. The molecular formula is C19H18N4O7S-2. The first kappa shape index (κ1) is 23.5. The summed E-state index contributed by atoms with van der Waals surface area (Å²) in [6.07, 6.45) is -1.49. The highest BCUT2D eigenvalue weighted by atomic mass is 32.1. The van der Waals surface area contributed by atoms with Crippen LogP contribution in [-0.4, -0.2) is 41.2 Å². The number of ketones is 1. The molecule has 3 amide bonds. The minimum atomic E-state index is -1.69. The van der Waals surface area contributed by atoms with Crippen molar-refractivity contribution in [2.24, 2.45) is 5.92 Å². The van der Waals surface area contributed by atoms with Gasteiger partial charge in [0, 0.05) is 36.2 Å². The van der Waals surface area contributed by atoms with Gasteiger partial charge in [-0.3, -0.25) is 14.9 Å². The average Bonchev–Trinajstić information content (AvgIpc) is 3.19.